The minimum Gasteiger partial charge on any atom is -0.397 e. The number of nitrogens with two attached hydrogens (primary N) is 2. The maximum Gasteiger partial charge on any atom is 0.248 e. The minimum atomic E-state index is -3.20. The zero-order valence-electron chi connectivity index (χ0n) is 11.8. The molecule has 21 heavy (non-hydrogen) atoms. The lowest BCUT2D eigenvalue weighted by atomic mass is 10.1. The maximum atomic E-state index is 12.3. The van der Waals surface area contributed by atoms with Gasteiger partial charge in [-0.25, -0.2) is 8.42 Å². The van der Waals surface area contributed by atoms with Crippen molar-refractivity contribution in [3.63, 3.8) is 0 Å². The van der Waals surface area contributed by atoms with Crippen molar-refractivity contribution in [2.24, 2.45) is 5.73 Å². The molecule has 6 nitrogen and oxygen atoms in total. The summed E-state index contributed by atoms with van der Waals surface area (Å²) >= 11 is 1.62. The SMILES string of the molecule is CCS(=O)(=O)C1CSCCN1c1ccc(C(N)=O)cc1N. The van der Waals surface area contributed by atoms with Crippen molar-refractivity contribution in [1.82, 2.24) is 0 Å². The number of primary amides is 1. The normalized spacial score (nSPS) is 19.5. The van der Waals surface area contributed by atoms with Gasteiger partial charge in [0.1, 0.15) is 5.37 Å². The summed E-state index contributed by atoms with van der Waals surface area (Å²) in [6.45, 7) is 2.25. The van der Waals surface area contributed by atoms with Crippen LogP contribution in [-0.4, -0.2) is 43.5 Å². The molecule has 1 atom stereocenters. The Morgan fingerprint density at radius 2 is 2.19 bits per heavy atom. The molecule has 0 spiro atoms. The van der Waals surface area contributed by atoms with E-state index >= 15 is 0 Å². The van der Waals surface area contributed by atoms with E-state index in [1.165, 1.54) is 6.07 Å². The Morgan fingerprint density at radius 3 is 2.76 bits per heavy atom. The Balaban J connectivity index is 2.40. The minimum absolute atomic E-state index is 0.0913. The zero-order chi connectivity index (χ0) is 15.6. The molecule has 1 aliphatic rings. The van der Waals surface area contributed by atoms with Crippen LogP contribution in [0.1, 0.15) is 17.3 Å². The molecule has 0 aliphatic carbocycles. The molecular formula is C13H19N3O3S2. The molecule has 1 aliphatic heterocycles. The summed E-state index contributed by atoms with van der Waals surface area (Å²) in [5.41, 5.74) is 12.5. The van der Waals surface area contributed by atoms with Crippen molar-refractivity contribution in [2.75, 3.05) is 34.4 Å². The van der Waals surface area contributed by atoms with Crippen LogP contribution < -0.4 is 16.4 Å². The van der Waals surface area contributed by atoms with Gasteiger partial charge in [-0.15, -0.1) is 0 Å². The van der Waals surface area contributed by atoms with Crippen LogP contribution in [0.5, 0.6) is 0 Å². The Bertz CT molecular complexity index is 646. The number of carbonyl (C=O) groups excluding carboxylic acids is 1. The van der Waals surface area contributed by atoms with Gasteiger partial charge < -0.3 is 16.4 Å². The van der Waals surface area contributed by atoms with Gasteiger partial charge in [-0.05, 0) is 18.2 Å². The first-order valence-electron chi connectivity index (χ1n) is 6.62. The van der Waals surface area contributed by atoms with Crippen LogP contribution in [0.4, 0.5) is 11.4 Å². The fourth-order valence-corrected chi connectivity index (χ4v) is 5.30. The van der Waals surface area contributed by atoms with Gasteiger partial charge in [-0.1, -0.05) is 6.92 Å². The second kappa shape index (κ2) is 6.15. The number of anilines is 2. The summed E-state index contributed by atoms with van der Waals surface area (Å²) in [6, 6.07) is 4.74. The van der Waals surface area contributed by atoms with Crippen LogP contribution in [0.2, 0.25) is 0 Å². The van der Waals surface area contributed by atoms with E-state index in [0.717, 1.165) is 5.75 Å². The van der Waals surface area contributed by atoms with Crippen LogP contribution in [0.3, 0.4) is 0 Å². The standard InChI is InChI=1S/C13H19N3O3S2/c1-2-21(18,19)12-8-20-6-5-16(12)11-4-3-9(13(15)17)7-10(11)14/h3-4,7,12H,2,5-6,8,14H2,1H3,(H2,15,17). The van der Waals surface area contributed by atoms with Gasteiger partial charge in [0.15, 0.2) is 9.84 Å². The number of nitrogens with zero attached hydrogens (tertiary/aromatic N) is 1. The second-order valence-corrected chi connectivity index (χ2v) is 8.41. The zero-order valence-corrected chi connectivity index (χ0v) is 13.4. The summed E-state index contributed by atoms with van der Waals surface area (Å²) in [7, 11) is -3.20. The lowest BCUT2D eigenvalue weighted by Gasteiger charge is -2.37. The van der Waals surface area contributed by atoms with E-state index in [1.807, 2.05) is 4.90 Å². The third-order valence-electron chi connectivity index (χ3n) is 3.52. The summed E-state index contributed by atoms with van der Waals surface area (Å²) in [4.78, 5) is 13.0. The molecule has 8 heteroatoms. The highest BCUT2D eigenvalue weighted by Gasteiger charge is 2.33. The molecule has 116 valence electrons. The molecule has 1 unspecified atom stereocenters. The van der Waals surface area contributed by atoms with Crippen LogP contribution >= 0.6 is 11.8 Å². The van der Waals surface area contributed by atoms with Gasteiger partial charge in [0.05, 0.1) is 11.4 Å². The molecular weight excluding hydrogens is 310 g/mol. The fraction of sp³-hybridized carbons (Fsp3) is 0.462. The number of rotatable bonds is 4. The van der Waals surface area contributed by atoms with Crippen molar-refractivity contribution >= 4 is 38.9 Å². The Hall–Kier alpha value is -1.41. The Morgan fingerprint density at radius 1 is 1.48 bits per heavy atom. The van der Waals surface area contributed by atoms with Gasteiger partial charge in [0.25, 0.3) is 0 Å². The highest BCUT2D eigenvalue weighted by molar-refractivity contribution is 8.01. The predicted octanol–water partition coefficient (Wildman–Crippen LogP) is 0.682. The van der Waals surface area contributed by atoms with Crippen molar-refractivity contribution in [2.45, 2.75) is 12.3 Å². The fourth-order valence-electron chi connectivity index (χ4n) is 2.32. The van der Waals surface area contributed by atoms with E-state index in [0.29, 0.717) is 29.2 Å². The molecule has 1 amide bonds. The topological polar surface area (TPSA) is 106 Å². The van der Waals surface area contributed by atoms with E-state index in [4.69, 9.17) is 11.5 Å². The lowest BCUT2D eigenvalue weighted by Crippen LogP contribution is -2.48. The molecule has 2 rings (SSSR count). The molecule has 0 bridgehead atoms. The molecule has 0 radical (unpaired) electrons. The van der Waals surface area contributed by atoms with E-state index in [1.54, 1.807) is 30.8 Å². The number of nitrogen functional groups attached to an aromatic ring is 1. The van der Waals surface area contributed by atoms with Crippen LogP contribution in [0, 0.1) is 0 Å². The van der Waals surface area contributed by atoms with E-state index in [-0.39, 0.29) is 5.75 Å². The first-order valence-corrected chi connectivity index (χ1v) is 9.49. The number of carbonyl (C=O) groups is 1. The Labute approximate surface area is 128 Å². The molecule has 1 saturated heterocycles. The van der Waals surface area contributed by atoms with E-state index < -0.39 is 21.1 Å². The van der Waals surface area contributed by atoms with Crippen LogP contribution in [-0.2, 0) is 9.84 Å². The Kier molecular flexibility index (Phi) is 4.67. The molecule has 1 aromatic rings. The quantitative estimate of drug-likeness (QED) is 0.787. The first kappa shape index (κ1) is 16.0. The van der Waals surface area contributed by atoms with Crippen LogP contribution in [0.15, 0.2) is 18.2 Å². The molecule has 1 aromatic carbocycles. The number of thioether (sulfide) groups is 1. The highest BCUT2D eigenvalue weighted by atomic mass is 32.2. The first-order chi connectivity index (χ1) is 9.86. The van der Waals surface area contributed by atoms with Gasteiger partial charge >= 0.3 is 0 Å². The molecule has 1 heterocycles. The summed E-state index contributed by atoms with van der Waals surface area (Å²) in [6.07, 6.45) is 0. The van der Waals surface area contributed by atoms with Gasteiger partial charge in [0.2, 0.25) is 5.91 Å². The predicted molar refractivity (Wildman–Crippen MR) is 87.3 cm³/mol. The third-order valence-corrected chi connectivity index (χ3v) is 6.81. The number of hydrogen-bond acceptors (Lipinski definition) is 6. The summed E-state index contributed by atoms with van der Waals surface area (Å²) in [5, 5.41) is -0.581. The summed E-state index contributed by atoms with van der Waals surface area (Å²) < 4.78 is 24.5. The van der Waals surface area contributed by atoms with Crippen LogP contribution in [0.25, 0.3) is 0 Å². The lowest BCUT2D eigenvalue weighted by molar-refractivity contribution is 0.100. The van der Waals surface area contributed by atoms with Crippen molar-refractivity contribution in [1.29, 1.82) is 0 Å². The highest BCUT2D eigenvalue weighted by Crippen LogP contribution is 2.32. The average molecular weight is 329 g/mol. The van der Waals surface area contributed by atoms with E-state index in [2.05, 4.69) is 0 Å². The molecule has 0 aromatic heterocycles. The smallest absolute Gasteiger partial charge is 0.248 e. The maximum absolute atomic E-state index is 12.3. The third kappa shape index (κ3) is 3.26. The van der Waals surface area contributed by atoms with Gasteiger partial charge in [-0.3, -0.25) is 4.79 Å². The number of benzene rings is 1. The second-order valence-electron chi connectivity index (χ2n) is 4.81. The van der Waals surface area contributed by atoms with Gasteiger partial charge in [-0.2, -0.15) is 11.8 Å². The number of hydrogen-bond donors (Lipinski definition) is 2. The molecule has 0 saturated carbocycles. The van der Waals surface area contributed by atoms with E-state index in [9.17, 15) is 13.2 Å². The molecule has 1 fully saturated rings. The van der Waals surface area contributed by atoms with Crippen molar-refractivity contribution in [3.05, 3.63) is 23.8 Å². The summed E-state index contributed by atoms with van der Waals surface area (Å²) in [5.74, 6) is 0.897. The van der Waals surface area contributed by atoms with Gasteiger partial charge in [0, 0.05) is 29.4 Å². The largest absolute Gasteiger partial charge is 0.397 e. The van der Waals surface area contributed by atoms with Crippen molar-refractivity contribution < 1.29 is 13.2 Å². The average Bonchev–Trinajstić information content (AvgIpc) is 2.47. The molecule has 4 N–H and O–H groups in total. The number of sulfone groups is 1. The monoisotopic (exact) mass is 329 g/mol. The number of amides is 1. The van der Waals surface area contributed by atoms with Crippen molar-refractivity contribution in [3.8, 4) is 0 Å².